The van der Waals surface area contributed by atoms with Crippen molar-refractivity contribution in [1.29, 1.82) is 0 Å². The fourth-order valence-corrected chi connectivity index (χ4v) is 3.44. The van der Waals surface area contributed by atoms with Crippen molar-refractivity contribution in [3.05, 3.63) is 29.6 Å². The smallest absolute Gasteiger partial charge is 1.00 e. The summed E-state index contributed by atoms with van der Waals surface area (Å²) in [7, 11) is 0. The van der Waals surface area contributed by atoms with Crippen molar-refractivity contribution in [1.82, 2.24) is 4.98 Å². The van der Waals surface area contributed by atoms with E-state index in [4.69, 9.17) is 9.98 Å². The first-order valence-electron chi connectivity index (χ1n) is 8.93. The van der Waals surface area contributed by atoms with Crippen LogP contribution in [-0.4, -0.2) is 29.5 Å². The summed E-state index contributed by atoms with van der Waals surface area (Å²) in [5.74, 6) is 0. The van der Waals surface area contributed by atoms with Gasteiger partial charge in [-0.3, -0.25) is 9.98 Å². The van der Waals surface area contributed by atoms with Crippen molar-refractivity contribution >= 4 is 12.4 Å². The normalized spacial score (nSPS) is 19.2. The maximum Gasteiger partial charge on any atom is 2.00 e. The third-order valence-corrected chi connectivity index (χ3v) is 4.78. The minimum absolute atomic E-state index is 0. The van der Waals surface area contributed by atoms with Crippen LogP contribution in [0.5, 0.6) is 0 Å². The van der Waals surface area contributed by atoms with Gasteiger partial charge in [-0.25, -0.2) is 4.98 Å². The van der Waals surface area contributed by atoms with Crippen LogP contribution in [0.15, 0.2) is 28.2 Å². The van der Waals surface area contributed by atoms with Crippen LogP contribution in [0.3, 0.4) is 0 Å². The van der Waals surface area contributed by atoms with Crippen LogP contribution in [0.25, 0.3) is 0 Å². The predicted octanol–water partition coefficient (Wildman–Crippen LogP) is -1.41. The van der Waals surface area contributed by atoms with E-state index in [-0.39, 0.29) is 41.6 Å². The van der Waals surface area contributed by atoms with Gasteiger partial charge in [0.15, 0.2) is 0 Å². The molecule has 0 saturated heterocycles. The van der Waals surface area contributed by atoms with E-state index >= 15 is 0 Å². The molecule has 0 spiro atoms. The third kappa shape index (κ3) is 8.67. The van der Waals surface area contributed by atoms with E-state index in [1.807, 2.05) is 24.6 Å². The summed E-state index contributed by atoms with van der Waals surface area (Å²) >= 11 is 0. The number of aromatic nitrogens is 1. The van der Waals surface area contributed by atoms with Crippen LogP contribution in [-0.2, 0) is 16.8 Å². The van der Waals surface area contributed by atoms with Gasteiger partial charge in [-0.15, -0.1) is 0 Å². The minimum Gasteiger partial charge on any atom is -1.00 e. The van der Waals surface area contributed by atoms with Crippen molar-refractivity contribution in [2.75, 3.05) is 0 Å². The monoisotopic (exact) mass is 426 g/mol. The van der Waals surface area contributed by atoms with Crippen molar-refractivity contribution in [2.45, 2.75) is 76.3 Å². The quantitative estimate of drug-likeness (QED) is 0.545. The molecule has 0 aliphatic heterocycles. The SMILES string of the molecule is C(=NC1CCCCC1)c1cccc(C=NC2CCCCC2)n1.[Cl-].[Cl-].[Co+2]. The van der Waals surface area contributed by atoms with Crippen LogP contribution < -0.4 is 24.8 Å². The van der Waals surface area contributed by atoms with Gasteiger partial charge >= 0.3 is 16.8 Å². The molecule has 0 N–H and O–H groups in total. The molecular formula is C19H27Cl2CoN3. The molecule has 141 valence electrons. The molecular weight excluding hydrogens is 400 g/mol. The summed E-state index contributed by atoms with van der Waals surface area (Å²) < 4.78 is 0. The standard InChI is InChI=1S/C19H27N3.2ClH.Co/c1-3-8-16(9-4-1)20-14-18-12-7-13-19(22-18)15-21-17-10-5-2-6-11-17;;;/h7,12-17H,1-6,8-11H2;2*1H;/q;;;+2/p-2. The Morgan fingerprint density at radius 1 is 0.720 bits per heavy atom. The van der Waals surface area contributed by atoms with E-state index in [1.54, 1.807) is 0 Å². The molecule has 2 saturated carbocycles. The van der Waals surface area contributed by atoms with Gasteiger partial charge in [0, 0.05) is 12.4 Å². The predicted molar refractivity (Wildman–Crippen MR) is 93.2 cm³/mol. The van der Waals surface area contributed by atoms with E-state index in [2.05, 4.69) is 11.1 Å². The second-order valence-electron chi connectivity index (χ2n) is 6.63. The van der Waals surface area contributed by atoms with Gasteiger partial charge in [-0.1, -0.05) is 44.6 Å². The first-order valence-corrected chi connectivity index (χ1v) is 8.93. The molecule has 2 fully saturated rings. The molecule has 6 heteroatoms. The molecule has 0 bridgehead atoms. The van der Waals surface area contributed by atoms with Crippen molar-refractivity contribution < 1.29 is 41.6 Å². The number of pyridine rings is 1. The summed E-state index contributed by atoms with van der Waals surface area (Å²) in [5, 5.41) is 0. The molecule has 1 heterocycles. The average Bonchev–Trinajstić information content (AvgIpc) is 2.60. The van der Waals surface area contributed by atoms with Gasteiger partial charge in [-0.2, -0.15) is 0 Å². The van der Waals surface area contributed by atoms with E-state index in [0.29, 0.717) is 12.1 Å². The Kier molecular flexibility index (Phi) is 13.5. The molecule has 3 nitrogen and oxygen atoms in total. The average molecular weight is 427 g/mol. The number of hydrogen-bond acceptors (Lipinski definition) is 3. The minimum atomic E-state index is 0. The number of aliphatic imine (C=N–C) groups is 2. The second kappa shape index (κ2) is 13.7. The van der Waals surface area contributed by atoms with Crippen LogP contribution in [0.2, 0.25) is 0 Å². The second-order valence-corrected chi connectivity index (χ2v) is 6.63. The van der Waals surface area contributed by atoms with E-state index in [0.717, 1.165) is 11.4 Å². The summed E-state index contributed by atoms with van der Waals surface area (Å²) in [6.45, 7) is 0. The Labute approximate surface area is 174 Å². The first kappa shape index (κ1) is 24.6. The van der Waals surface area contributed by atoms with E-state index in [1.165, 1.54) is 64.2 Å². The molecule has 2 aliphatic rings. The van der Waals surface area contributed by atoms with Crippen LogP contribution in [0.4, 0.5) is 0 Å². The Morgan fingerprint density at radius 2 is 1.12 bits per heavy atom. The van der Waals surface area contributed by atoms with Crippen molar-refractivity contribution in [3.8, 4) is 0 Å². The maximum atomic E-state index is 4.71. The van der Waals surface area contributed by atoms with Crippen molar-refractivity contribution in [2.24, 2.45) is 9.98 Å². The molecule has 1 radical (unpaired) electrons. The van der Waals surface area contributed by atoms with Crippen LogP contribution in [0.1, 0.15) is 75.6 Å². The summed E-state index contributed by atoms with van der Waals surface area (Å²) in [5.41, 5.74) is 1.91. The topological polar surface area (TPSA) is 37.6 Å². The van der Waals surface area contributed by atoms with Gasteiger partial charge < -0.3 is 24.8 Å². The molecule has 0 aromatic carbocycles. The Morgan fingerprint density at radius 3 is 1.52 bits per heavy atom. The van der Waals surface area contributed by atoms with E-state index in [9.17, 15) is 0 Å². The summed E-state index contributed by atoms with van der Waals surface area (Å²) in [6.07, 6.45) is 16.9. The molecule has 1 aromatic heterocycles. The Hall–Kier alpha value is -0.424. The molecule has 0 amide bonds. The van der Waals surface area contributed by atoms with Crippen LogP contribution in [0, 0.1) is 0 Å². The Bertz CT molecular complexity index is 482. The van der Waals surface area contributed by atoms with Gasteiger partial charge in [0.25, 0.3) is 0 Å². The van der Waals surface area contributed by atoms with Gasteiger partial charge in [0.2, 0.25) is 0 Å². The fourth-order valence-electron chi connectivity index (χ4n) is 3.44. The van der Waals surface area contributed by atoms with Gasteiger partial charge in [0.05, 0.1) is 23.5 Å². The van der Waals surface area contributed by atoms with E-state index < -0.39 is 0 Å². The molecule has 25 heavy (non-hydrogen) atoms. The third-order valence-electron chi connectivity index (χ3n) is 4.78. The zero-order chi connectivity index (χ0) is 15.0. The Balaban J connectivity index is 0.00000192. The zero-order valence-electron chi connectivity index (χ0n) is 14.5. The van der Waals surface area contributed by atoms with Gasteiger partial charge in [-0.05, 0) is 37.8 Å². The van der Waals surface area contributed by atoms with Crippen molar-refractivity contribution in [3.63, 3.8) is 0 Å². The molecule has 0 atom stereocenters. The maximum absolute atomic E-state index is 4.71. The largest absolute Gasteiger partial charge is 2.00 e. The molecule has 2 aliphatic carbocycles. The number of nitrogens with zero attached hydrogens (tertiary/aromatic N) is 3. The number of halogens is 2. The summed E-state index contributed by atoms with van der Waals surface area (Å²) in [6, 6.07) is 7.14. The van der Waals surface area contributed by atoms with Crippen LogP contribution >= 0.6 is 0 Å². The molecule has 3 rings (SSSR count). The molecule has 1 aromatic rings. The van der Waals surface area contributed by atoms with Gasteiger partial charge in [0.1, 0.15) is 0 Å². The molecule has 0 unspecified atom stereocenters. The first-order chi connectivity index (χ1) is 10.9. The zero-order valence-corrected chi connectivity index (χ0v) is 17.1. The number of hydrogen-bond donors (Lipinski definition) is 0. The fraction of sp³-hybridized carbons (Fsp3) is 0.632. The summed E-state index contributed by atoms with van der Waals surface area (Å²) in [4.78, 5) is 14.1. The number of rotatable bonds is 4.